The molecule has 0 aliphatic rings. The third-order valence-electron chi connectivity index (χ3n) is 3.63. The van der Waals surface area contributed by atoms with Gasteiger partial charge in [-0.1, -0.05) is 41.7 Å². The lowest BCUT2D eigenvalue weighted by atomic mass is 10.1. The van der Waals surface area contributed by atoms with Crippen LogP contribution >= 0.6 is 11.3 Å². The van der Waals surface area contributed by atoms with Crippen LogP contribution in [0.2, 0.25) is 0 Å². The van der Waals surface area contributed by atoms with Crippen molar-refractivity contribution in [1.82, 2.24) is 9.55 Å². The predicted molar refractivity (Wildman–Crippen MR) is 93.2 cm³/mol. The van der Waals surface area contributed by atoms with Gasteiger partial charge in [0.1, 0.15) is 5.75 Å². The molecule has 0 saturated carbocycles. The number of hydrogen-bond acceptors (Lipinski definition) is 5. The fourth-order valence-electron chi connectivity index (χ4n) is 2.39. The summed E-state index contributed by atoms with van der Waals surface area (Å²) in [6.07, 6.45) is 2.52. The Morgan fingerprint density at radius 1 is 1.25 bits per heavy atom. The number of aromatic nitrogens is 2. The van der Waals surface area contributed by atoms with E-state index in [1.54, 1.807) is 6.92 Å². The van der Waals surface area contributed by atoms with Gasteiger partial charge in [-0.3, -0.25) is 14.2 Å². The summed E-state index contributed by atoms with van der Waals surface area (Å²) in [6, 6.07) is 12.4. The summed E-state index contributed by atoms with van der Waals surface area (Å²) in [5, 5.41) is 9.76. The van der Waals surface area contributed by atoms with Crippen LogP contribution in [0.1, 0.15) is 27.3 Å². The van der Waals surface area contributed by atoms with Crippen molar-refractivity contribution in [3.8, 4) is 10.9 Å². The zero-order chi connectivity index (χ0) is 17.1. The van der Waals surface area contributed by atoms with Crippen LogP contribution in [0.15, 0.2) is 53.5 Å². The summed E-state index contributed by atoms with van der Waals surface area (Å²) in [5.74, 6) is -0.0735. The van der Waals surface area contributed by atoms with Crippen molar-refractivity contribution in [1.29, 1.82) is 0 Å². The van der Waals surface area contributed by atoms with Crippen molar-refractivity contribution in [3.63, 3.8) is 0 Å². The topological polar surface area (TPSA) is 72.2 Å². The first kappa shape index (κ1) is 16.1. The van der Waals surface area contributed by atoms with Crippen LogP contribution in [0, 0.1) is 6.92 Å². The van der Waals surface area contributed by atoms with Crippen molar-refractivity contribution in [2.75, 3.05) is 0 Å². The number of carbonyl (C=O) groups is 1. The van der Waals surface area contributed by atoms with E-state index in [1.807, 2.05) is 30.3 Å². The van der Waals surface area contributed by atoms with Crippen molar-refractivity contribution in [2.24, 2.45) is 0 Å². The summed E-state index contributed by atoms with van der Waals surface area (Å²) < 4.78 is 1.32. The molecule has 2 heterocycles. The summed E-state index contributed by atoms with van der Waals surface area (Å²) in [5.41, 5.74) is 1.35. The number of aryl methyl sites for hydroxylation is 2. The van der Waals surface area contributed by atoms with Gasteiger partial charge in [0.15, 0.2) is 10.9 Å². The number of carbonyl (C=O) groups excluding carboxylic acids is 1. The fourth-order valence-corrected chi connectivity index (χ4v) is 3.41. The number of ketones is 1. The molecule has 24 heavy (non-hydrogen) atoms. The van der Waals surface area contributed by atoms with E-state index >= 15 is 0 Å². The first-order chi connectivity index (χ1) is 11.5. The molecule has 0 atom stereocenters. The van der Waals surface area contributed by atoms with Gasteiger partial charge in [0, 0.05) is 18.7 Å². The Labute approximate surface area is 142 Å². The largest absolute Gasteiger partial charge is 0.508 e. The maximum atomic E-state index is 12.5. The maximum Gasteiger partial charge on any atom is 0.260 e. The van der Waals surface area contributed by atoms with Gasteiger partial charge in [-0.15, -0.1) is 0 Å². The zero-order valence-electron chi connectivity index (χ0n) is 13.1. The Kier molecular flexibility index (Phi) is 4.57. The minimum atomic E-state index is -0.382. The Hall–Kier alpha value is -2.73. The predicted octanol–water partition coefficient (Wildman–Crippen LogP) is 3.12. The highest BCUT2D eigenvalue weighted by Crippen LogP contribution is 2.23. The van der Waals surface area contributed by atoms with Crippen LogP contribution in [0.3, 0.4) is 0 Å². The van der Waals surface area contributed by atoms with Gasteiger partial charge in [-0.05, 0) is 25.0 Å². The Bertz CT molecular complexity index is 929. The van der Waals surface area contributed by atoms with Crippen molar-refractivity contribution < 1.29 is 9.90 Å². The second kappa shape index (κ2) is 6.80. The lowest BCUT2D eigenvalue weighted by molar-refractivity contribution is 0.0986. The average Bonchev–Trinajstić information content (AvgIpc) is 2.95. The van der Waals surface area contributed by atoms with Gasteiger partial charge in [0.25, 0.3) is 5.56 Å². The number of thiazole rings is 1. The molecule has 0 fully saturated rings. The number of hydrogen-bond donors (Lipinski definition) is 1. The van der Waals surface area contributed by atoms with E-state index in [1.165, 1.54) is 28.2 Å². The number of nitrogens with zero attached hydrogens (tertiary/aromatic N) is 2. The number of aromatic hydroxyl groups is 1. The molecule has 0 aliphatic heterocycles. The molecule has 3 rings (SSSR count). The minimum Gasteiger partial charge on any atom is -0.508 e. The van der Waals surface area contributed by atoms with Gasteiger partial charge >= 0.3 is 0 Å². The third kappa shape index (κ3) is 3.44. The third-order valence-corrected chi connectivity index (χ3v) is 4.83. The Morgan fingerprint density at radius 2 is 2.00 bits per heavy atom. The molecule has 1 N–H and O–H groups in total. The molecule has 0 aliphatic carbocycles. The molecule has 2 aromatic heterocycles. The van der Waals surface area contributed by atoms with Crippen LogP contribution in [0.4, 0.5) is 0 Å². The van der Waals surface area contributed by atoms with E-state index in [4.69, 9.17) is 0 Å². The van der Waals surface area contributed by atoms with Crippen LogP contribution in [-0.4, -0.2) is 20.4 Å². The average molecular weight is 340 g/mol. The smallest absolute Gasteiger partial charge is 0.260 e. The normalized spacial score (nSPS) is 10.7. The monoisotopic (exact) mass is 340 g/mol. The molecular formula is C18H16N2O3S. The van der Waals surface area contributed by atoms with Crippen molar-refractivity contribution in [2.45, 2.75) is 19.8 Å². The van der Waals surface area contributed by atoms with Crippen LogP contribution in [0.5, 0.6) is 5.75 Å². The van der Waals surface area contributed by atoms with E-state index in [0.29, 0.717) is 28.5 Å². The van der Waals surface area contributed by atoms with Crippen LogP contribution < -0.4 is 5.56 Å². The Balaban J connectivity index is 1.81. The van der Waals surface area contributed by atoms with Crippen molar-refractivity contribution in [3.05, 3.63) is 75.1 Å². The molecule has 3 aromatic rings. The number of rotatable bonds is 5. The van der Waals surface area contributed by atoms with Crippen LogP contribution in [0.25, 0.3) is 5.13 Å². The second-order valence-electron chi connectivity index (χ2n) is 5.41. The van der Waals surface area contributed by atoms with Gasteiger partial charge in [-0.2, -0.15) is 0 Å². The molecule has 6 heteroatoms. The molecule has 0 spiro atoms. The van der Waals surface area contributed by atoms with E-state index in [0.717, 1.165) is 11.6 Å². The molecule has 1 aromatic carbocycles. The molecular weight excluding hydrogens is 324 g/mol. The lowest BCUT2D eigenvalue weighted by Gasteiger charge is -2.00. The quantitative estimate of drug-likeness (QED) is 0.724. The number of pyridine rings is 1. The fraction of sp³-hybridized carbons (Fsp3) is 0.167. The number of benzene rings is 1. The van der Waals surface area contributed by atoms with E-state index in [9.17, 15) is 14.7 Å². The summed E-state index contributed by atoms with van der Waals surface area (Å²) in [7, 11) is 0. The first-order valence-corrected chi connectivity index (χ1v) is 8.33. The summed E-state index contributed by atoms with van der Waals surface area (Å²) in [4.78, 5) is 29.3. The minimum absolute atomic E-state index is 0.0203. The molecule has 0 bridgehead atoms. The molecule has 0 saturated heterocycles. The number of Topliss-reactive ketones (excluding diaryl/α,β-unsaturated/α-hetero) is 1. The molecule has 0 radical (unpaired) electrons. The standard InChI is InChI=1S/C18H16N2O3S/c1-12-17(15(22)8-7-13-5-3-2-4-6-13)24-18(19-12)20-10-9-14(21)11-16(20)23/h2-6,9-11,21H,7-8H2,1H3. The highest BCUT2D eigenvalue weighted by Gasteiger charge is 2.16. The SMILES string of the molecule is Cc1nc(-n2ccc(O)cc2=O)sc1C(=O)CCc1ccccc1. The van der Waals surface area contributed by atoms with E-state index < -0.39 is 0 Å². The highest BCUT2D eigenvalue weighted by molar-refractivity contribution is 7.16. The summed E-state index contributed by atoms with van der Waals surface area (Å²) in [6.45, 7) is 1.77. The second-order valence-corrected chi connectivity index (χ2v) is 6.39. The molecule has 122 valence electrons. The molecule has 0 amide bonds. The van der Waals surface area contributed by atoms with Gasteiger partial charge in [0.05, 0.1) is 10.6 Å². The molecule has 5 nitrogen and oxygen atoms in total. The van der Waals surface area contributed by atoms with Gasteiger partial charge in [0.2, 0.25) is 0 Å². The maximum absolute atomic E-state index is 12.5. The van der Waals surface area contributed by atoms with Gasteiger partial charge in [-0.25, -0.2) is 4.98 Å². The summed E-state index contributed by atoms with van der Waals surface area (Å²) >= 11 is 1.20. The zero-order valence-corrected chi connectivity index (χ0v) is 13.9. The Morgan fingerprint density at radius 3 is 2.71 bits per heavy atom. The lowest BCUT2D eigenvalue weighted by Crippen LogP contribution is -2.15. The highest BCUT2D eigenvalue weighted by atomic mass is 32.1. The first-order valence-electron chi connectivity index (χ1n) is 7.51. The van der Waals surface area contributed by atoms with Gasteiger partial charge < -0.3 is 5.11 Å². The van der Waals surface area contributed by atoms with Crippen LogP contribution in [-0.2, 0) is 6.42 Å². The molecule has 0 unspecified atom stereocenters. The van der Waals surface area contributed by atoms with E-state index in [-0.39, 0.29) is 17.1 Å². The van der Waals surface area contributed by atoms with Crippen molar-refractivity contribution >= 4 is 17.1 Å². The van der Waals surface area contributed by atoms with E-state index in [2.05, 4.69) is 4.98 Å².